The summed E-state index contributed by atoms with van der Waals surface area (Å²) in [6.07, 6.45) is 5.15. The summed E-state index contributed by atoms with van der Waals surface area (Å²) in [6.45, 7) is 4.96. The second-order valence-electron chi connectivity index (χ2n) is 6.98. The van der Waals surface area contributed by atoms with Crippen molar-refractivity contribution < 1.29 is 9.53 Å². The molecule has 26 heavy (non-hydrogen) atoms. The Morgan fingerprint density at radius 3 is 2.81 bits per heavy atom. The molecule has 1 aliphatic heterocycles. The summed E-state index contributed by atoms with van der Waals surface area (Å²) in [5.74, 6) is 1.38. The second kappa shape index (κ2) is 6.29. The molecule has 0 spiro atoms. The molecule has 0 bridgehead atoms. The van der Waals surface area contributed by atoms with Crippen molar-refractivity contribution in [1.82, 2.24) is 19.4 Å². The van der Waals surface area contributed by atoms with E-state index in [4.69, 9.17) is 4.74 Å². The van der Waals surface area contributed by atoms with E-state index in [9.17, 15) is 4.79 Å². The van der Waals surface area contributed by atoms with Crippen molar-refractivity contribution in [3.63, 3.8) is 0 Å². The van der Waals surface area contributed by atoms with E-state index in [1.165, 1.54) is 0 Å². The minimum absolute atomic E-state index is 0.111. The molecule has 132 valence electrons. The Bertz CT molecular complexity index is 934. The van der Waals surface area contributed by atoms with Crippen molar-refractivity contribution in [3.05, 3.63) is 72.4 Å². The van der Waals surface area contributed by atoms with Crippen molar-refractivity contribution in [2.45, 2.75) is 26.0 Å². The summed E-state index contributed by atoms with van der Waals surface area (Å²) in [4.78, 5) is 23.5. The van der Waals surface area contributed by atoms with Gasteiger partial charge >= 0.3 is 0 Å². The van der Waals surface area contributed by atoms with Crippen molar-refractivity contribution in [3.8, 4) is 11.6 Å². The average molecular weight is 348 g/mol. The van der Waals surface area contributed by atoms with Crippen molar-refractivity contribution in [2.75, 3.05) is 6.54 Å². The maximum Gasteiger partial charge on any atom is 0.272 e. The molecule has 2 aromatic heterocycles. The van der Waals surface area contributed by atoms with Crippen molar-refractivity contribution in [2.24, 2.45) is 0 Å². The molecule has 3 aromatic rings. The molecule has 6 nitrogen and oxygen atoms in total. The van der Waals surface area contributed by atoms with Crippen molar-refractivity contribution >= 4 is 5.91 Å². The van der Waals surface area contributed by atoms with Gasteiger partial charge in [0.2, 0.25) is 0 Å². The number of hydrogen-bond donors (Lipinski definition) is 0. The van der Waals surface area contributed by atoms with Gasteiger partial charge < -0.3 is 9.64 Å². The van der Waals surface area contributed by atoms with Crippen LogP contribution in [0.3, 0.4) is 0 Å². The first kappa shape index (κ1) is 16.3. The van der Waals surface area contributed by atoms with Crippen LogP contribution in [0.25, 0.3) is 5.82 Å². The maximum absolute atomic E-state index is 13.2. The van der Waals surface area contributed by atoms with Gasteiger partial charge in [0.1, 0.15) is 29.2 Å². The van der Waals surface area contributed by atoms with Gasteiger partial charge in [-0.1, -0.05) is 24.3 Å². The number of rotatable bonds is 2. The van der Waals surface area contributed by atoms with Gasteiger partial charge in [0.25, 0.3) is 5.91 Å². The summed E-state index contributed by atoms with van der Waals surface area (Å²) < 4.78 is 7.90. The molecule has 1 amide bonds. The highest BCUT2D eigenvalue weighted by atomic mass is 16.5. The molecule has 0 N–H and O–H groups in total. The molecule has 3 heterocycles. The van der Waals surface area contributed by atoms with Crippen LogP contribution in [0.2, 0.25) is 0 Å². The second-order valence-corrected chi connectivity index (χ2v) is 6.98. The molecule has 0 radical (unpaired) electrons. The average Bonchev–Trinajstić information content (AvgIpc) is 3.12. The van der Waals surface area contributed by atoms with Crippen molar-refractivity contribution in [1.29, 1.82) is 0 Å². The van der Waals surface area contributed by atoms with E-state index in [1.807, 2.05) is 50.2 Å². The number of para-hydroxylation sites is 1. The van der Waals surface area contributed by atoms with E-state index in [1.54, 1.807) is 34.3 Å². The fourth-order valence-corrected chi connectivity index (χ4v) is 3.17. The molecular weight excluding hydrogens is 328 g/mol. The number of hydrogen-bond acceptors (Lipinski definition) is 4. The van der Waals surface area contributed by atoms with E-state index in [-0.39, 0.29) is 5.91 Å². The zero-order chi connectivity index (χ0) is 18.1. The van der Waals surface area contributed by atoms with Gasteiger partial charge in [0.05, 0.1) is 6.54 Å². The zero-order valence-electron chi connectivity index (χ0n) is 14.8. The number of aromatic nitrogens is 3. The van der Waals surface area contributed by atoms with Crippen LogP contribution in [-0.2, 0) is 6.54 Å². The van der Waals surface area contributed by atoms with Gasteiger partial charge in [-0.2, -0.15) is 0 Å². The lowest BCUT2D eigenvalue weighted by molar-refractivity contribution is 0.0496. The van der Waals surface area contributed by atoms with Crippen LogP contribution in [0.5, 0.6) is 5.75 Å². The lowest BCUT2D eigenvalue weighted by atomic mass is 10.1. The smallest absolute Gasteiger partial charge is 0.272 e. The highest BCUT2D eigenvalue weighted by molar-refractivity contribution is 5.92. The summed E-state index contributed by atoms with van der Waals surface area (Å²) in [7, 11) is 0. The fraction of sp³-hybridized carbons (Fsp3) is 0.250. The number of pyridine rings is 1. The standard InChI is InChI=1S/C20H20N4O2/c1-20(2)13-24(12-15-6-3-4-8-17(15)26-20)19(25)16-7-5-9-18(22-16)23-11-10-21-14-23/h3-11,14H,12-13H2,1-2H3. The highest BCUT2D eigenvalue weighted by Gasteiger charge is 2.32. The van der Waals surface area contributed by atoms with Gasteiger partial charge in [-0.25, -0.2) is 9.97 Å². The van der Waals surface area contributed by atoms with Crippen LogP contribution in [0, 0.1) is 0 Å². The summed E-state index contributed by atoms with van der Waals surface area (Å²) >= 11 is 0. The Morgan fingerprint density at radius 1 is 1.15 bits per heavy atom. The van der Waals surface area contributed by atoms with Crippen LogP contribution in [0.1, 0.15) is 29.9 Å². The number of amides is 1. The molecule has 0 saturated carbocycles. The van der Waals surface area contributed by atoms with E-state index in [0.29, 0.717) is 24.6 Å². The van der Waals surface area contributed by atoms with Crippen LogP contribution in [0.4, 0.5) is 0 Å². The molecule has 1 aromatic carbocycles. The Kier molecular flexibility index (Phi) is 3.95. The molecule has 0 aliphatic carbocycles. The van der Waals surface area contributed by atoms with E-state index < -0.39 is 5.60 Å². The Labute approximate surface area is 152 Å². The summed E-state index contributed by atoms with van der Waals surface area (Å²) in [5, 5.41) is 0. The number of nitrogens with zero attached hydrogens (tertiary/aromatic N) is 4. The Balaban J connectivity index is 1.67. The third-order valence-electron chi connectivity index (χ3n) is 4.30. The normalized spacial score (nSPS) is 15.7. The SMILES string of the molecule is CC1(C)CN(C(=O)c2cccc(-n3ccnc3)n2)Cc2ccccc2O1. The lowest BCUT2D eigenvalue weighted by Crippen LogP contribution is -2.43. The first-order chi connectivity index (χ1) is 12.5. The number of benzene rings is 1. The number of carbonyl (C=O) groups is 1. The number of ether oxygens (including phenoxy) is 1. The molecule has 0 saturated heterocycles. The molecule has 0 atom stereocenters. The van der Waals surface area contributed by atoms with Gasteiger partial charge in [-0.3, -0.25) is 9.36 Å². The minimum atomic E-state index is -0.482. The molecular formula is C20H20N4O2. The molecule has 0 unspecified atom stereocenters. The van der Waals surface area contributed by atoms with Gasteiger partial charge in [-0.15, -0.1) is 0 Å². The van der Waals surface area contributed by atoms with Gasteiger partial charge in [-0.05, 0) is 32.0 Å². The van der Waals surface area contributed by atoms with Gasteiger partial charge in [0.15, 0.2) is 0 Å². The summed E-state index contributed by atoms with van der Waals surface area (Å²) in [6, 6.07) is 13.3. The highest BCUT2D eigenvalue weighted by Crippen LogP contribution is 2.29. The maximum atomic E-state index is 13.2. The molecule has 1 aliphatic rings. The molecule has 0 fully saturated rings. The first-order valence-corrected chi connectivity index (χ1v) is 8.53. The third-order valence-corrected chi connectivity index (χ3v) is 4.30. The predicted octanol–water partition coefficient (Wildman–Crippen LogP) is 3.08. The lowest BCUT2D eigenvalue weighted by Gasteiger charge is -2.29. The van der Waals surface area contributed by atoms with E-state index >= 15 is 0 Å². The quantitative estimate of drug-likeness (QED) is 0.714. The largest absolute Gasteiger partial charge is 0.486 e. The number of imidazole rings is 1. The minimum Gasteiger partial charge on any atom is -0.486 e. The Hall–Kier alpha value is -3.15. The van der Waals surface area contributed by atoms with E-state index in [0.717, 1.165) is 11.3 Å². The Morgan fingerprint density at radius 2 is 2.00 bits per heavy atom. The monoisotopic (exact) mass is 348 g/mol. The zero-order valence-corrected chi connectivity index (χ0v) is 14.8. The van der Waals surface area contributed by atoms with Crippen LogP contribution in [0.15, 0.2) is 61.2 Å². The van der Waals surface area contributed by atoms with Crippen LogP contribution >= 0.6 is 0 Å². The van der Waals surface area contributed by atoms with Crippen LogP contribution < -0.4 is 4.74 Å². The summed E-state index contributed by atoms with van der Waals surface area (Å²) in [5.41, 5.74) is 0.924. The number of carbonyl (C=O) groups excluding carboxylic acids is 1. The van der Waals surface area contributed by atoms with E-state index in [2.05, 4.69) is 9.97 Å². The molecule has 4 rings (SSSR count). The topological polar surface area (TPSA) is 60.2 Å². The fourth-order valence-electron chi connectivity index (χ4n) is 3.17. The third kappa shape index (κ3) is 3.18. The first-order valence-electron chi connectivity index (χ1n) is 8.53. The molecule has 6 heteroatoms. The number of fused-ring (bicyclic) bond motifs is 1. The van der Waals surface area contributed by atoms with Gasteiger partial charge in [0, 0.05) is 24.5 Å². The predicted molar refractivity (Wildman–Crippen MR) is 97.2 cm³/mol. The van der Waals surface area contributed by atoms with Crippen LogP contribution in [-0.4, -0.2) is 37.5 Å².